The highest BCUT2D eigenvalue weighted by Crippen LogP contribution is 2.36. The summed E-state index contributed by atoms with van der Waals surface area (Å²) in [4.78, 5) is 35.3. The highest BCUT2D eigenvalue weighted by molar-refractivity contribution is 6.06. The van der Waals surface area contributed by atoms with Gasteiger partial charge in [0.25, 0.3) is 11.6 Å². The number of non-ortho nitro benzene ring substituents is 1. The van der Waals surface area contributed by atoms with E-state index in [-0.39, 0.29) is 11.6 Å². The number of ether oxygens (including phenoxy) is 2. The quantitative estimate of drug-likeness (QED) is 0.298. The first kappa shape index (κ1) is 23.0. The summed E-state index contributed by atoms with van der Waals surface area (Å²) in [7, 11) is 2.87. The average molecular weight is 447 g/mol. The smallest absolute Gasteiger partial charge is 0.270 e. The molecule has 0 aliphatic heterocycles. The second kappa shape index (κ2) is 10.6. The Morgan fingerprint density at radius 2 is 1.52 bits per heavy atom. The number of nitrogens with one attached hydrogen (secondary N) is 2. The maximum absolute atomic E-state index is 12.5. The van der Waals surface area contributed by atoms with Gasteiger partial charge in [-0.05, 0) is 23.8 Å². The maximum atomic E-state index is 12.5. The molecule has 3 aromatic carbocycles. The fourth-order valence-corrected chi connectivity index (χ4v) is 2.97. The molecule has 168 valence electrons. The minimum atomic E-state index is -0.507. The molecule has 2 N–H and O–H groups in total. The van der Waals surface area contributed by atoms with Gasteiger partial charge in [0.2, 0.25) is 5.91 Å². The monoisotopic (exact) mass is 447 g/mol. The van der Waals surface area contributed by atoms with Gasteiger partial charge in [0, 0.05) is 35.9 Å². The van der Waals surface area contributed by atoms with Crippen molar-refractivity contribution in [2.75, 3.05) is 24.9 Å². The third-order valence-electron chi connectivity index (χ3n) is 4.57. The first-order valence-electron chi connectivity index (χ1n) is 9.77. The van der Waals surface area contributed by atoms with Crippen LogP contribution in [0.3, 0.4) is 0 Å². The van der Waals surface area contributed by atoms with Crippen LogP contribution in [-0.2, 0) is 4.79 Å². The molecule has 3 rings (SSSR count). The summed E-state index contributed by atoms with van der Waals surface area (Å²) in [6, 6.07) is 17.7. The number of nitro groups is 1. The topological polar surface area (TPSA) is 120 Å². The van der Waals surface area contributed by atoms with Gasteiger partial charge < -0.3 is 20.1 Å². The molecule has 0 saturated heterocycles. The molecule has 0 spiro atoms. The van der Waals surface area contributed by atoms with Gasteiger partial charge in [0.15, 0.2) is 0 Å². The van der Waals surface area contributed by atoms with Crippen molar-refractivity contribution >= 4 is 35.0 Å². The van der Waals surface area contributed by atoms with Crippen LogP contribution in [0.5, 0.6) is 11.5 Å². The summed E-state index contributed by atoms with van der Waals surface area (Å²) in [5.74, 6) is -0.190. The lowest BCUT2D eigenvalue weighted by atomic mass is 10.1. The number of anilines is 2. The highest BCUT2D eigenvalue weighted by atomic mass is 16.6. The van der Waals surface area contributed by atoms with Gasteiger partial charge in [-0.25, -0.2) is 0 Å². The van der Waals surface area contributed by atoms with Crippen molar-refractivity contribution in [1.29, 1.82) is 0 Å². The summed E-state index contributed by atoms with van der Waals surface area (Å²) in [6.45, 7) is 0. The molecule has 0 bridgehead atoms. The van der Waals surface area contributed by atoms with Gasteiger partial charge in [-0.3, -0.25) is 19.7 Å². The number of carbonyl (C=O) groups is 2. The number of carbonyl (C=O) groups excluding carboxylic acids is 2. The molecule has 33 heavy (non-hydrogen) atoms. The predicted octanol–water partition coefficient (Wildman–Crippen LogP) is 4.52. The van der Waals surface area contributed by atoms with Crippen molar-refractivity contribution in [1.82, 2.24) is 0 Å². The second-order valence-electron chi connectivity index (χ2n) is 6.75. The molecule has 3 aromatic rings. The van der Waals surface area contributed by atoms with Crippen LogP contribution in [0.2, 0.25) is 0 Å². The van der Waals surface area contributed by atoms with E-state index >= 15 is 0 Å². The standard InChI is InChI=1S/C24H21N3O6/c1-32-21-15-20(26-24(29)17-8-4-3-5-9-17)22(33-2)14-19(21)25-23(28)12-11-16-7-6-10-18(13-16)27(30)31/h3-15H,1-2H3,(H,25,28)(H,26,29)/b12-11+. The lowest BCUT2D eigenvalue weighted by Gasteiger charge is -2.16. The number of hydrogen-bond acceptors (Lipinski definition) is 6. The van der Waals surface area contributed by atoms with Crippen LogP contribution in [0.25, 0.3) is 6.08 Å². The average Bonchev–Trinajstić information content (AvgIpc) is 2.84. The number of nitro benzene ring substituents is 1. The van der Waals surface area contributed by atoms with E-state index < -0.39 is 10.8 Å². The van der Waals surface area contributed by atoms with Crippen molar-refractivity contribution in [3.8, 4) is 11.5 Å². The van der Waals surface area contributed by atoms with Gasteiger partial charge in [-0.1, -0.05) is 30.3 Å². The molecule has 0 saturated carbocycles. The Kier molecular flexibility index (Phi) is 7.38. The Hall–Kier alpha value is -4.66. The van der Waals surface area contributed by atoms with Gasteiger partial charge >= 0.3 is 0 Å². The van der Waals surface area contributed by atoms with Crippen LogP contribution in [-0.4, -0.2) is 31.0 Å². The van der Waals surface area contributed by atoms with Gasteiger partial charge in [-0.15, -0.1) is 0 Å². The summed E-state index contributed by atoms with van der Waals surface area (Å²) in [6.07, 6.45) is 2.70. The fraction of sp³-hybridized carbons (Fsp3) is 0.0833. The van der Waals surface area contributed by atoms with Crippen LogP contribution in [0.4, 0.5) is 17.1 Å². The Morgan fingerprint density at radius 1 is 0.879 bits per heavy atom. The van der Waals surface area contributed by atoms with Crippen LogP contribution in [0, 0.1) is 10.1 Å². The molecule has 0 unspecified atom stereocenters. The number of nitrogens with zero attached hydrogens (tertiary/aromatic N) is 1. The van der Waals surface area contributed by atoms with Gasteiger partial charge in [-0.2, -0.15) is 0 Å². The van der Waals surface area contributed by atoms with Crippen LogP contribution < -0.4 is 20.1 Å². The first-order chi connectivity index (χ1) is 15.9. The zero-order chi connectivity index (χ0) is 23.8. The molecule has 0 aromatic heterocycles. The lowest BCUT2D eigenvalue weighted by molar-refractivity contribution is -0.384. The van der Waals surface area contributed by atoms with Crippen molar-refractivity contribution in [3.63, 3.8) is 0 Å². The molecule has 9 heteroatoms. The van der Waals surface area contributed by atoms with E-state index in [0.717, 1.165) is 0 Å². The Morgan fingerprint density at radius 3 is 2.12 bits per heavy atom. The molecule has 0 fully saturated rings. The molecule has 2 amide bonds. The van der Waals surface area contributed by atoms with E-state index in [9.17, 15) is 19.7 Å². The predicted molar refractivity (Wildman–Crippen MR) is 125 cm³/mol. The molecular weight excluding hydrogens is 426 g/mol. The summed E-state index contributed by atoms with van der Waals surface area (Å²) >= 11 is 0. The Labute approximate surface area is 189 Å². The summed E-state index contributed by atoms with van der Waals surface area (Å²) in [5.41, 5.74) is 1.59. The van der Waals surface area contributed by atoms with Crippen LogP contribution in [0.1, 0.15) is 15.9 Å². The third-order valence-corrected chi connectivity index (χ3v) is 4.57. The summed E-state index contributed by atoms with van der Waals surface area (Å²) < 4.78 is 10.7. The number of methoxy groups -OCH3 is 2. The number of amides is 2. The van der Waals surface area contributed by atoms with E-state index in [0.29, 0.717) is 34.0 Å². The molecule has 9 nitrogen and oxygen atoms in total. The van der Waals surface area contributed by atoms with E-state index in [1.54, 1.807) is 36.4 Å². The normalized spacial score (nSPS) is 10.5. The number of benzene rings is 3. The zero-order valence-electron chi connectivity index (χ0n) is 17.9. The number of hydrogen-bond donors (Lipinski definition) is 2. The van der Waals surface area contributed by atoms with Gasteiger partial charge in [0.1, 0.15) is 11.5 Å². The molecule has 0 atom stereocenters. The van der Waals surface area contributed by atoms with Crippen LogP contribution >= 0.6 is 0 Å². The van der Waals surface area contributed by atoms with Crippen molar-refractivity contribution in [2.45, 2.75) is 0 Å². The highest BCUT2D eigenvalue weighted by Gasteiger charge is 2.15. The molecular formula is C24H21N3O6. The summed E-state index contributed by atoms with van der Waals surface area (Å²) in [5, 5.41) is 16.3. The first-order valence-corrected chi connectivity index (χ1v) is 9.77. The van der Waals surface area contributed by atoms with Crippen molar-refractivity contribution < 1.29 is 24.0 Å². The largest absolute Gasteiger partial charge is 0.494 e. The van der Waals surface area contributed by atoms with E-state index in [1.165, 1.54) is 50.6 Å². The molecule has 0 aliphatic rings. The number of rotatable bonds is 8. The second-order valence-corrected chi connectivity index (χ2v) is 6.75. The Bertz CT molecular complexity index is 1210. The molecule has 0 radical (unpaired) electrons. The van der Waals surface area contributed by atoms with E-state index in [4.69, 9.17) is 9.47 Å². The van der Waals surface area contributed by atoms with Crippen molar-refractivity contribution in [3.05, 3.63) is 94.0 Å². The fourth-order valence-electron chi connectivity index (χ4n) is 2.97. The SMILES string of the molecule is COc1cc(NC(=O)c2ccccc2)c(OC)cc1NC(=O)/C=C/c1cccc([N+](=O)[O-])c1. The minimum Gasteiger partial charge on any atom is -0.494 e. The minimum absolute atomic E-state index is 0.0721. The third kappa shape index (κ3) is 5.95. The molecule has 0 aliphatic carbocycles. The Balaban J connectivity index is 1.78. The van der Waals surface area contributed by atoms with Crippen LogP contribution in [0.15, 0.2) is 72.8 Å². The lowest BCUT2D eigenvalue weighted by Crippen LogP contribution is -2.14. The van der Waals surface area contributed by atoms with E-state index in [1.807, 2.05) is 6.07 Å². The van der Waals surface area contributed by atoms with Gasteiger partial charge in [0.05, 0.1) is 30.5 Å². The van der Waals surface area contributed by atoms with E-state index in [2.05, 4.69) is 10.6 Å². The maximum Gasteiger partial charge on any atom is 0.270 e. The molecule has 0 heterocycles. The zero-order valence-corrected chi connectivity index (χ0v) is 17.9. The van der Waals surface area contributed by atoms with Crippen molar-refractivity contribution in [2.24, 2.45) is 0 Å².